The van der Waals surface area contributed by atoms with Gasteiger partial charge in [0.15, 0.2) is 0 Å². The van der Waals surface area contributed by atoms with Gasteiger partial charge in [-0.3, -0.25) is 0 Å². The van der Waals surface area contributed by atoms with Gasteiger partial charge in [0.1, 0.15) is 5.82 Å². The van der Waals surface area contributed by atoms with E-state index in [2.05, 4.69) is 9.97 Å². The molecule has 0 radical (unpaired) electrons. The molecule has 1 rings (SSSR count). The van der Waals surface area contributed by atoms with Crippen LogP contribution in [0.25, 0.3) is 0 Å². The third-order valence-corrected chi connectivity index (χ3v) is 2.19. The van der Waals surface area contributed by atoms with Gasteiger partial charge in [0, 0.05) is 17.5 Å². The summed E-state index contributed by atoms with van der Waals surface area (Å²) in [6.07, 6.45) is 1.82. The van der Waals surface area contributed by atoms with Crippen LogP contribution >= 0.6 is 11.6 Å². The summed E-state index contributed by atoms with van der Waals surface area (Å²) in [7, 11) is 3.99. The molecule has 0 fully saturated rings. The Morgan fingerprint density at radius 3 is 2.57 bits per heavy atom. The average Bonchev–Trinajstić information content (AvgIpc) is 2.01. The van der Waals surface area contributed by atoms with Crippen molar-refractivity contribution in [3.8, 4) is 0 Å². The van der Waals surface area contributed by atoms with Crippen LogP contribution in [-0.2, 0) is 6.54 Å². The van der Waals surface area contributed by atoms with Crippen molar-refractivity contribution in [1.29, 1.82) is 0 Å². The van der Waals surface area contributed by atoms with Crippen LogP contribution in [0.3, 0.4) is 0 Å². The lowest BCUT2D eigenvalue weighted by molar-refractivity contribution is 0.389. The molecule has 0 aliphatic rings. The lowest BCUT2D eigenvalue weighted by Gasteiger charge is -2.11. The van der Waals surface area contributed by atoms with Crippen LogP contribution in [0.5, 0.6) is 0 Å². The van der Waals surface area contributed by atoms with E-state index in [0.29, 0.717) is 0 Å². The molecule has 3 nitrogen and oxygen atoms in total. The molecule has 1 aromatic rings. The van der Waals surface area contributed by atoms with E-state index < -0.39 is 0 Å². The Balaban J connectivity index is 2.89. The Labute approximate surface area is 90.1 Å². The normalized spacial score (nSPS) is 13.3. The van der Waals surface area contributed by atoms with Crippen LogP contribution in [0.1, 0.15) is 29.4 Å². The molecule has 0 saturated carbocycles. The summed E-state index contributed by atoms with van der Waals surface area (Å²) in [5, 5.41) is -0.0246. The molecule has 78 valence electrons. The minimum atomic E-state index is -0.0246. The Bertz CT molecular complexity index is 310. The second-order valence-electron chi connectivity index (χ2n) is 3.68. The first-order valence-corrected chi connectivity index (χ1v) is 5.05. The third-order valence-electron chi connectivity index (χ3n) is 1.95. The van der Waals surface area contributed by atoms with E-state index in [1.165, 1.54) is 0 Å². The van der Waals surface area contributed by atoms with Crippen molar-refractivity contribution in [3.05, 3.63) is 23.3 Å². The highest BCUT2D eigenvalue weighted by Gasteiger charge is 2.08. The fourth-order valence-electron chi connectivity index (χ4n) is 1.27. The van der Waals surface area contributed by atoms with Crippen molar-refractivity contribution in [2.45, 2.75) is 25.8 Å². The van der Waals surface area contributed by atoms with Crippen LogP contribution < -0.4 is 0 Å². The van der Waals surface area contributed by atoms with E-state index in [4.69, 9.17) is 11.6 Å². The highest BCUT2D eigenvalue weighted by atomic mass is 35.5. The van der Waals surface area contributed by atoms with Crippen molar-refractivity contribution in [2.24, 2.45) is 0 Å². The molecule has 0 saturated heterocycles. The average molecular weight is 214 g/mol. The summed E-state index contributed by atoms with van der Waals surface area (Å²) in [6, 6.07) is 0. The Morgan fingerprint density at radius 2 is 2.14 bits per heavy atom. The molecule has 4 heteroatoms. The van der Waals surface area contributed by atoms with Crippen molar-refractivity contribution in [1.82, 2.24) is 14.9 Å². The van der Waals surface area contributed by atoms with E-state index in [1.807, 2.05) is 39.0 Å². The first-order chi connectivity index (χ1) is 6.50. The zero-order valence-electron chi connectivity index (χ0n) is 9.08. The number of aromatic nitrogens is 2. The molecule has 0 aliphatic carbocycles. The summed E-state index contributed by atoms with van der Waals surface area (Å²) in [4.78, 5) is 10.7. The fraction of sp³-hybridized carbons (Fsp3) is 0.600. The number of halogens is 1. The zero-order valence-corrected chi connectivity index (χ0v) is 9.84. The largest absolute Gasteiger partial charge is 0.302 e. The van der Waals surface area contributed by atoms with Crippen LogP contribution in [0.15, 0.2) is 6.20 Å². The summed E-state index contributed by atoms with van der Waals surface area (Å²) in [5.41, 5.74) is 1.98. The SMILES string of the molecule is Cc1nc(CN(C)C)ncc1C(C)Cl. The van der Waals surface area contributed by atoms with Gasteiger partial charge in [0.05, 0.1) is 11.9 Å². The van der Waals surface area contributed by atoms with Crippen LogP contribution in [0, 0.1) is 6.92 Å². The number of alkyl halides is 1. The minimum absolute atomic E-state index is 0.0246. The summed E-state index contributed by atoms with van der Waals surface area (Å²) in [5.74, 6) is 0.841. The maximum absolute atomic E-state index is 5.98. The Morgan fingerprint density at radius 1 is 1.50 bits per heavy atom. The molecule has 0 aromatic carbocycles. The summed E-state index contributed by atoms with van der Waals surface area (Å²) >= 11 is 5.98. The van der Waals surface area contributed by atoms with Gasteiger partial charge in [-0.15, -0.1) is 11.6 Å². The molecule has 0 spiro atoms. The van der Waals surface area contributed by atoms with Crippen molar-refractivity contribution >= 4 is 11.6 Å². The second kappa shape index (κ2) is 4.71. The summed E-state index contributed by atoms with van der Waals surface area (Å²) < 4.78 is 0. The predicted octanol–water partition coefficient (Wildman–Crippen LogP) is 2.15. The molecule has 1 aromatic heterocycles. The van der Waals surface area contributed by atoms with Gasteiger partial charge in [-0.1, -0.05) is 0 Å². The maximum Gasteiger partial charge on any atom is 0.142 e. The zero-order chi connectivity index (χ0) is 10.7. The predicted molar refractivity (Wildman–Crippen MR) is 58.4 cm³/mol. The Kier molecular flexibility index (Phi) is 3.84. The van der Waals surface area contributed by atoms with Gasteiger partial charge in [-0.05, 0) is 27.9 Å². The smallest absolute Gasteiger partial charge is 0.142 e. The molecule has 1 atom stereocenters. The van der Waals surface area contributed by atoms with E-state index in [9.17, 15) is 0 Å². The van der Waals surface area contributed by atoms with Crippen molar-refractivity contribution in [2.75, 3.05) is 14.1 Å². The molecule has 0 amide bonds. The molecule has 1 heterocycles. The van der Waals surface area contributed by atoms with Gasteiger partial charge in [-0.25, -0.2) is 9.97 Å². The monoisotopic (exact) mass is 213 g/mol. The van der Waals surface area contributed by atoms with Gasteiger partial charge in [-0.2, -0.15) is 0 Å². The quantitative estimate of drug-likeness (QED) is 0.721. The highest BCUT2D eigenvalue weighted by Crippen LogP contribution is 2.20. The van der Waals surface area contributed by atoms with Crippen molar-refractivity contribution in [3.63, 3.8) is 0 Å². The number of aryl methyl sites for hydroxylation is 1. The molecule has 0 aliphatic heterocycles. The summed E-state index contributed by atoms with van der Waals surface area (Å²) in [6.45, 7) is 4.66. The fourth-order valence-corrected chi connectivity index (χ4v) is 1.49. The Hall–Kier alpha value is -0.670. The van der Waals surface area contributed by atoms with E-state index in [0.717, 1.165) is 23.6 Å². The number of hydrogen-bond donors (Lipinski definition) is 0. The van der Waals surface area contributed by atoms with Gasteiger partial charge in [0.25, 0.3) is 0 Å². The second-order valence-corrected chi connectivity index (χ2v) is 4.34. The number of nitrogens with zero attached hydrogens (tertiary/aromatic N) is 3. The maximum atomic E-state index is 5.98. The van der Waals surface area contributed by atoms with E-state index in [-0.39, 0.29) is 5.38 Å². The van der Waals surface area contributed by atoms with E-state index >= 15 is 0 Å². The highest BCUT2D eigenvalue weighted by molar-refractivity contribution is 6.20. The molecular weight excluding hydrogens is 198 g/mol. The minimum Gasteiger partial charge on any atom is -0.302 e. The van der Waals surface area contributed by atoms with Crippen molar-refractivity contribution < 1.29 is 0 Å². The third kappa shape index (κ3) is 2.93. The molecule has 1 unspecified atom stereocenters. The lowest BCUT2D eigenvalue weighted by Crippen LogP contribution is -2.14. The molecular formula is C10H16ClN3. The van der Waals surface area contributed by atoms with Crippen LogP contribution in [0.2, 0.25) is 0 Å². The topological polar surface area (TPSA) is 29.0 Å². The molecule has 0 N–H and O–H groups in total. The number of hydrogen-bond acceptors (Lipinski definition) is 3. The van der Waals surface area contributed by atoms with Gasteiger partial charge < -0.3 is 4.90 Å². The van der Waals surface area contributed by atoms with Gasteiger partial charge in [0.2, 0.25) is 0 Å². The van der Waals surface area contributed by atoms with Crippen LogP contribution in [-0.4, -0.2) is 29.0 Å². The first-order valence-electron chi connectivity index (χ1n) is 4.62. The van der Waals surface area contributed by atoms with Gasteiger partial charge >= 0.3 is 0 Å². The van der Waals surface area contributed by atoms with Crippen LogP contribution in [0.4, 0.5) is 0 Å². The lowest BCUT2D eigenvalue weighted by atomic mass is 10.2. The molecule has 14 heavy (non-hydrogen) atoms. The van der Waals surface area contributed by atoms with E-state index in [1.54, 1.807) is 0 Å². The standard InChI is InChI=1S/C10H16ClN3/c1-7(11)9-5-12-10(6-14(3)4)13-8(9)2/h5,7H,6H2,1-4H3. The first kappa shape index (κ1) is 11.4. The molecule has 0 bridgehead atoms. The number of rotatable bonds is 3.